The van der Waals surface area contributed by atoms with Gasteiger partial charge in [-0.3, -0.25) is 0 Å². The molecule has 2 aliphatic rings. The molecule has 0 spiro atoms. The highest BCUT2D eigenvalue weighted by Crippen LogP contribution is 2.37. The molecule has 0 aliphatic carbocycles. The lowest BCUT2D eigenvalue weighted by Gasteiger charge is -2.34. The lowest BCUT2D eigenvalue weighted by Crippen LogP contribution is -2.46. The molecule has 1 fully saturated rings. The maximum Gasteiger partial charge on any atom is 0.227 e. The van der Waals surface area contributed by atoms with E-state index in [1.54, 1.807) is 0 Å². The highest BCUT2D eigenvalue weighted by atomic mass is 15.3. The molecule has 0 N–H and O–H groups in total. The fourth-order valence-electron chi connectivity index (χ4n) is 3.98. The van der Waals surface area contributed by atoms with Crippen molar-refractivity contribution in [1.29, 1.82) is 0 Å². The fraction of sp³-hybridized carbons (Fsp3) is 0.500. The lowest BCUT2D eigenvalue weighted by atomic mass is 10.1. The molecule has 5 nitrogen and oxygen atoms in total. The van der Waals surface area contributed by atoms with E-state index >= 15 is 0 Å². The van der Waals surface area contributed by atoms with Gasteiger partial charge in [-0.25, -0.2) is 4.98 Å². The van der Waals surface area contributed by atoms with Crippen molar-refractivity contribution in [3.63, 3.8) is 0 Å². The number of para-hydroxylation sites is 1. The van der Waals surface area contributed by atoms with Gasteiger partial charge in [-0.1, -0.05) is 25.1 Å². The van der Waals surface area contributed by atoms with E-state index in [4.69, 9.17) is 9.97 Å². The van der Waals surface area contributed by atoms with Crippen LogP contribution >= 0.6 is 0 Å². The number of benzene rings is 1. The molecule has 0 radical (unpaired) electrons. The first-order chi connectivity index (χ1) is 12.2. The van der Waals surface area contributed by atoms with Gasteiger partial charge in [0.2, 0.25) is 5.95 Å². The summed E-state index contributed by atoms with van der Waals surface area (Å²) in [6.45, 7) is 11.9. The van der Waals surface area contributed by atoms with Gasteiger partial charge in [-0.2, -0.15) is 4.98 Å². The molecule has 1 saturated heterocycles. The van der Waals surface area contributed by atoms with Crippen molar-refractivity contribution < 1.29 is 0 Å². The molecule has 1 aromatic heterocycles. The summed E-state index contributed by atoms with van der Waals surface area (Å²) < 4.78 is 0. The van der Waals surface area contributed by atoms with E-state index in [1.165, 1.54) is 11.3 Å². The average molecular weight is 337 g/mol. The van der Waals surface area contributed by atoms with Crippen LogP contribution < -0.4 is 9.80 Å². The van der Waals surface area contributed by atoms with Gasteiger partial charge >= 0.3 is 0 Å². The van der Waals surface area contributed by atoms with Crippen LogP contribution in [-0.2, 0) is 6.42 Å². The Hall–Kier alpha value is -2.14. The Bertz CT molecular complexity index is 752. The van der Waals surface area contributed by atoms with Gasteiger partial charge in [0.25, 0.3) is 0 Å². The summed E-state index contributed by atoms with van der Waals surface area (Å²) in [5.74, 6) is 1.90. The van der Waals surface area contributed by atoms with Crippen LogP contribution in [0.5, 0.6) is 0 Å². The summed E-state index contributed by atoms with van der Waals surface area (Å²) in [5, 5.41) is 0. The van der Waals surface area contributed by atoms with Gasteiger partial charge < -0.3 is 14.7 Å². The first-order valence-corrected chi connectivity index (χ1v) is 9.36. The number of hydrogen-bond donors (Lipinski definition) is 0. The quantitative estimate of drug-likeness (QED) is 0.860. The minimum absolute atomic E-state index is 0.427. The van der Waals surface area contributed by atoms with E-state index in [0.717, 1.165) is 56.6 Å². The Morgan fingerprint density at radius 1 is 1.08 bits per heavy atom. The van der Waals surface area contributed by atoms with Crippen molar-refractivity contribution in [1.82, 2.24) is 14.9 Å². The minimum Gasteiger partial charge on any atom is -0.338 e. The summed E-state index contributed by atoms with van der Waals surface area (Å²) in [5.41, 5.74) is 3.73. The predicted molar refractivity (Wildman–Crippen MR) is 103 cm³/mol. The first-order valence-electron chi connectivity index (χ1n) is 9.36. The summed E-state index contributed by atoms with van der Waals surface area (Å²) in [7, 11) is 0. The van der Waals surface area contributed by atoms with Gasteiger partial charge in [0.05, 0.1) is 0 Å². The molecule has 1 aromatic carbocycles. The second kappa shape index (κ2) is 6.64. The largest absolute Gasteiger partial charge is 0.338 e. The van der Waals surface area contributed by atoms with Crippen LogP contribution in [-0.4, -0.2) is 53.6 Å². The second-order valence-corrected chi connectivity index (χ2v) is 7.14. The zero-order chi connectivity index (χ0) is 17.4. The highest BCUT2D eigenvalue weighted by Gasteiger charge is 2.29. The molecule has 2 aliphatic heterocycles. The molecular formula is C20H27N5. The fourth-order valence-corrected chi connectivity index (χ4v) is 3.98. The van der Waals surface area contributed by atoms with Gasteiger partial charge in [-0.15, -0.1) is 0 Å². The van der Waals surface area contributed by atoms with E-state index in [0.29, 0.717) is 6.04 Å². The van der Waals surface area contributed by atoms with E-state index < -0.39 is 0 Å². The summed E-state index contributed by atoms with van der Waals surface area (Å²) >= 11 is 0. The van der Waals surface area contributed by atoms with Crippen molar-refractivity contribution in [2.24, 2.45) is 0 Å². The molecule has 1 atom stereocenters. The number of rotatable bonds is 3. The molecule has 4 rings (SSSR count). The maximum absolute atomic E-state index is 4.96. The van der Waals surface area contributed by atoms with Crippen LogP contribution in [0.2, 0.25) is 0 Å². The molecule has 3 heterocycles. The Morgan fingerprint density at radius 3 is 2.60 bits per heavy atom. The summed E-state index contributed by atoms with van der Waals surface area (Å²) in [4.78, 5) is 16.9. The number of aryl methyl sites for hydroxylation is 1. The van der Waals surface area contributed by atoms with Crippen LogP contribution in [0.4, 0.5) is 17.5 Å². The van der Waals surface area contributed by atoms with Crippen molar-refractivity contribution >= 4 is 17.5 Å². The second-order valence-electron chi connectivity index (χ2n) is 7.14. The third kappa shape index (κ3) is 3.09. The van der Waals surface area contributed by atoms with E-state index in [9.17, 15) is 0 Å². The zero-order valence-corrected chi connectivity index (χ0v) is 15.4. The number of piperazine rings is 1. The standard InChI is InChI=1S/C20H27N5/c1-4-23-9-11-24(12-10-23)20-21-15(2)13-19(22-20)25-16(3)14-17-7-5-6-8-18(17)25/h5-8,13,16H,4,9-12,14H2,1-3H3. The summed E-state index contributed by atoms with van der Waals surface area (Å²) in [6.07, 6.45) is 1.07. The monoisotopic (exact) mass is 337 g/mol. The van der Waals surface area contributed by atoms with Crippen LogP contribution in [0.3, 0.4) is 0 Å². The van der Waals surface area contributed by atoms with Crippen LogP contribution in [0, 0.1) is 6.92 Å². The Kier molecular flexibility index (Phi) is 4.34. The third-order valence-electron chi connectivity index (χ3n) is 5.39. The molecule has 25 heavy (non-hydrogen) atoms. The van der Waals surface area contributed by atoms with Gasteiger partial charge in [0.15, 0.2) is 0 Å². The normalized spacial score (nSPS) is 20.8. The number of hydrogen-bond acceptors (Lipinski definition) is 5. The number of anilines is 3. The molecule has 5 heteroatoms. The SMILES string of the molecule is CCN1CCN(c2nc(C)cc(N3c4ccccc4CC3C)n2)CC1. The molecule has 132 valence electrons. The van der Waals surface area contributed by atoms with Crippen molar-refractivity contribution in [3.05, 3.63) is 41.6 Å². The predicted octanol–water partition coefficient (Wildman–Crippen LogP) is 3.01. The van der Waals surface area contributed by atoms with Crippen LogP contribution in [0.15, 0.2) is 30.3 Å². The smallest absolute Gasteiger partial charge is 0.227 e. The number of fused-ring (bicyclic) bond motifs is 1. The van der Waals surface area contributed by atoms with Crippen LogP contribution in [0.25, 0.3) is 0 Å². The molecule has 2 aromatic rings. The molecular weight excluding hydrogens is 310 g/mol. The van der Waals surface area contributed by atoms with Crippen LogP contribution in [0.1, 0.15) is 25.1 Å². The lowest BCUT2D eigenvalue weighted by molar-refractivity contribution is 0.270. The number of aromatic nitrogens is 2. The Morgan fingerprint density at radius 2 is 1.84 bits per heavy atom. The Balaban J connectivity index is 1.65. The van der Waals surface area contributed by atoms with Gasteiger partial charge in [-0.05, 0) is 38.4 Å². The third-order valence-corrected chi connectivity index (χ3v) is 5.39. The van der Waals surface area contributed by atoms with Gasteiger partial charge in [0.1, 0.15) is 5.82 Å². The summed E-state index contributed by atoms with van der Waals surface area (Å²) in [6, 6.07) is 11.2. The first kappa shape index (κ1) is 16.3. The topological polar surface area (TPSA) is 35.5 Å². The van der Waals surface area contributed by atoms with Crippen molar-refractivity contribution in [3.8, 4) is 0 Å². The van der Waals surface area contributed by atoms with E-state index in [2.05, 4.69) is 65.8 Å². The molecule has 0 bridgehead atoms. The molecule has 0 saturated carbocycles. The van der Waals surface area contributed by atoms with Crippen molar-refractivity contribution in [2.45, 2.75) is 33.2 Å². The molecule has 0 amide bonds. The maximum atomic E-state index is 4.96. The Labute approximate surface area is 150 Å². The highest BCUT2D eigenvalue weighted by molar-refractivity contribution is 5.69. The zero-order valence-electron chi connectivity index (χ0n) is 15.4. The average Bonchev–Trinajstić information content (AvgIpc) is 2.97. The number of likely N-dealkylation sites (N-methyl/N-ethyl adjacent to an activating group) is 1. The van der Waals surface area contributed by atoms with E-state index in [-0.39, 0.29) is 0 Å². The van der Waals surface area contributed by atoms with E-state index in [1.807, 2.05) is 0 Å². The number of nitrogens with zero attached hydrogens (tertiary/aromatic N) is 5. The minimum atomic E-state index is 0.427. The van der Waals surface area contributed by atoms with Gasteiger partial charge in [0, 0.05) is 49.7 Å². The molecule has 1 unspecified atom stereocenters. The van der Waals surface area contributed by atoms with Crippen molar-refractivity contribution in [2.75, 3.05) is 42.5 Å².